The van der Waals surface area contributed by atoms with E-state index in [0.29, 0.717) is 24.3 Å². The van der Waals surface area contributed by atoms with E-state index in [-0.39, 0.29) is 5.91 Å². The van der Waals surface area contributed by atoms with Crippen molar-refractivity contribution in [2.45, 2.75) is 25.5 Å². The van der Waals surface area contributed by atoms with E-state index in [2.05, 4.69) is 5.32 Å². The number of benzene rings is 1. The molecule has 1 atom stereocenters. The molecule has 1 aliphatic heterocycles. The van der Waals surface area contributed by atoms with Gasteiger partial charge in [-0.1, -0.05) is 18.2 Å². The number of anilines is 1. The number of aliphatic hydroxyl groups is 1. The van der Waals surface area contributed by atoms with E-state index in [1.807, 2.05) is 36.9 Å². The minimum absolute atomic E-state index is 0.00742. The van der Waals surface area contributed by atoms with E-state index < -0.39 is 11.6 Å². The lowest BCUT2D eigenvalue weighted by Crippen LogP contribution is -2.62. The van der Waals surface area contributed by atoms with Gasteiger partial charge in [-0.25, -0.2) is 0 Å². The molecule has 1 heterocycles. The maximum atomic E-state index is 11.9. The van der Waals surface area contributed by atoms with Gasteiger partial charge in [-0.15, -0.1) is 0 Å². The maximum Gasteiger partial charge on any atom is 0.240 e. The van der Waals surface area contributed by atoms with Gasteiger partial charge in [-0.3, -0.25) is 9.69 Å². The molecule has 1 saturated heterocycles. The summed E-state index contributed by atoms with van der Waals surface area (Å²) in [5.41, 5.74) is 6.55. The molecule has 0 radical (unpaired) electrons. The van der Waals surface area contributed by atoms with Gasteiger partial charge in [0.1, 0.15) is 0 Å². The fourth-order valence-electron chi connectivity index (χ4n) is 2.38. The summed E-state index contributed by atoms with van der Waals surface area (Å²) < 4.78 is 0. The van der Waals surface area contributed by atoms with Gasteiger partial charge in [0.2, 0.25) is 5.91 Å². The number of hydrogen-bond donors (Lipinski definition) is 3. The van der Waals surface area contributed by atoms with E-state index in [1.165, 1.54) is 0 Å². The Labute approximate surface area is 113 Å². The standard InChI is InChI=1S/C14H21N3O2/c1-14(2)13(19)16-7-8-17(14)9-12(18)10-5-3-4-6-11(10)15/h3-6,12,18H,7-9,15H2,1-2H3,(H,16,19). The summed E-state index contributed by atoms with van der Waals surface area (Å²) in [6.45, 7) is 5.46. The van der Waals surface area contributed by atoms with Gasteiger partial charge in [0, 0.05) is 30.9 Å². The van der Waals surface area contributed by atoms with Crippen LogP contribution in [0.4, 0.5) is 5.69 Å². The van der Waals surface area contributed by atoms with Crippen LogP contribution in [-0.2, 0) is 4.79 Å². The highest BCUT2D eigenvalue weighted by Gasteiger charge is 2.38. The fourth-order valence-corrected chi connectivity index (χ4v) is 2.38. The van der Waals surface area contributed by atoms with Crippen LogP contribution in [0.25, 0.3) is 0 Å². The summed E-state index contributed by atoms with van der Waals surface area (Å²) in [7, 11) is 0. The van der Waals surface area contributed by atoms with E-state index in [4.69, 9.17) is 5.73 Å². The zero-order valence-electron chi connectivity index (χ0n) is 11.4. The van der Waals surface area contributed by atoms with Gasteiger partial charge in [0.05, 0.1) is 11.6 Å². The lowest BCUT2D eigenvalue weighted by molar-refractivity contribution is -0.136. The Morgan fingerprint density at radius 1 is 1.47 bits per heavy atom. The highest BCUT2D eigenvalue weighted by molar-refractivity contribution is 5.86. The molecule has 0 spiro atoms. The number of nitrogens with two attached hydrogens (primary N) is 1. The number of amides is 1. The molecule has 1 aliphatic rings. The summed E-state index contributed by atoms with van der Waals surface area (Å²) in [5, 5.41) is 13.2. The Balaban J connectivity index is 2.12. The second-order valence-corrected chi connectivity index (χ2v) is 5.41. The molecule has 5 nitrogen and oxygen atoms in total. The van der Waals surface area contributed by atoms with Crippen LogP contribution in [0.5, 0.6) is 0 Å². The molecule has 1 aromatic rings. The summed E-state index contributed by atoms with van der Waals surface area (Å²) in [6, 6.07) is 7.27. The molecular weight excluding hydrogens is 242 g/mol. The monoisotopic (exact) mass is 263 g/mol. The van der Waals surface area contributed by atoms with Crippen molar-refractivity contribution in [3.63, 3.8) is 0 Å². The van der Waals surface area contributed by atoms with Crippen LogP contribution in [0.15, 0.2) is 24.3 Å². The number of β-amino-alcohol motifs (C(OH)–C–C–N with tert-alkyl or cyclic N) is 1. The lowest BCUT2D eigenvalue weighted by Gasteiger charge is -2.42. The Bertz CT molecular complexity index is 474. The van der Waals surface area contributed by atoms with Crippen LogP contribution in [0.2, 0.25) is 0 Å². The van der Waals surface area contributed by atoms with Crippen molar-refractivity contribution in [2.75, 3.05) is 25.4 Å². The zero-order chi connectivity index (χ0) is 14.0. The zero-order valence-corrected chi connectivity index (χ0v) is 11.4. The first kappa shape index (κ1) is 13.8. The third-order valence-electron chi connectivity index (χ3n) is 3.76. The van der Waals surface area contributed by atoms with Gasteiger partial charge in [0.25, 0.3) is 0 Å². The fraction of sp³-hybridized carbons (Fsp3) is 0.500. The van der Waals surface area contributed by atoms with Crippen molar-refractivity contribution in [3.8, 4) is 0 Å². The Kier molecular flexibility index (Phi) is 3.78. The SMILES string of the molecule is CC1(C)C(=O)NCCN1CC(O)c1ccccc1N. The minimum Gasteiger partial charge on any atom is -0.398 e. The molecule has 1 unspecified atom stereocenters. The second kappa shape index (κ2) is 5.19. The van der Waals surface area contributed by atoms with Crippen LogP contribution in [0.3, 0.4) is 0 Å². The van der Waals surface area contributed by atoms with Crippen molar-refractivity contribution in [3.05, 3.63) is 29.8 Å². The first-order chi connectivity index (χ1) is 8.93. The second-order valence-electron chi connectivity index (χ2n) is 5.41. The third kappa shape index (κ3) is 2.72. The molecule has 5 heteroatoms. The number of nitrogens with zero attached hydrogens (tertiary/aromatic N) is 1. The summed E-state index contributed by atoms with van der Waals surface area (Å²) in [4.78, 5) is 13.8. The van der Waals surface area contributed by atoms with E-state index in [9.17, 15) is 9.90 Å². The number of carbonyl (C=O) groups excluding carboxylic acids is 1. The average Bonchev–Trinajstić information content (AvgIpc) is 2.36. The van der Waals surface area contributed by atoms with Crippen LogP contribution < -0.4 is 11.1 Å². The molecule has 4 N–H and O–H groups in total. The smallest absolute Gasteiger partial charge is 0.240 e. The van der Waals surface area contributed by atoms with Crippen molar-refractivity contribution < 1.29 is 9.90 Å². The van der Waals surface area contributed by atoms with Crippen LogP contribution in [0, 0.1) is 0 Å². The predicted molar refractivity (Wildman–Crippen MR) is 74.5 cm³/mol. The molecule has 1 fully saturated rings. The molecule has 0 bridgehead atoms. The Hall–Kier alpha value is -1.59. The molecule has 0 saturated carbocycles. The van der Waals surface area contributed by atoms with Crippen molar-refractivity contribution in [1.29, 1.82) is 0 Å². The predicted octanol–water partition coefficient (Wildman–Crippen LogP) is 0.513. The van der Waals surface area contributed by atoms with Crippen LogP contribution >= 0.6 is 0 Å². The number of carbonyl (C=O) groups is 1. The van der Waals surface area contributed by atoms with E-state index >= 15 is 0 Å². The highest BCUT2D eigenvalue weighted by atomic mass is 16.3. The lowest BCUT2D eigenvalue weighted by atomic mass is 9.97. The van der Waals surface area contributed by atoms with E-state index in [0.717, 1.165) is 6.54 Å². The Morgan fingerprint density at radius 2 is 2.16 bits per heavy atom. The Morgan fingerprint density at radius 3 is 2.84 bits per heavy atom. The summed E-state index contributed by atoms with van der Waals surface area (Å²) in [5.74, 6) is -0.00742. The third-order valence-corrected chi connectivity index (χ3v) is 3.76. The number of piperazine rings is 1. The molecule has 1 aromatic carbocycles. The largest absolute Gasteiger partial charge is 0.398 e. The summed E-state index contributed by atoms with van der Waals surface area (Å²) >= 11 is 0. The quantitative estimate of drug-likeness (QED) is 0.694. The molecular formula is C14H21N3O2. The number of aliphatic hydroxyl groups excluding tert-OH is 1. The number of para-hydroxylation sites is 1. The molecule has 1 amide bonds. The van der Waals surface area contributed by atoms with Crippen molar-refractivity contribution >= 4 is 11.6 Å². The number of nitrogen functional groups attached to an aromatic ring is 1. The van der Waals surface area contributed by atoms with Crippen LogP contribution in [0.1, 0.15) is 25.5 Å². The highest BCUT2D eigenvalue weighted by Crippen LogP contribution is 2.25. The number of nitrogens with one attached hydrogen (secondary N) is 1. The molecule has 19 heavy (non-hydrogen) atoms. The van der Waals surface area contributed by atoms with Crippen molar-refractivity contribution in [2.24, 2.45) is 0 Å². The van der Waals surface area contributed by atoms with Gasteiger partial charge in [0.15, 0.2) is 0 Å². The molecule has 104 valence electrons. The van der Waals surface area contributed by atoms with Gasteiger partial charge >= 0.3 is 0 Å². The van der Waals surface area contributed by atoms with E-state index in [1.54, 1.807) is 6.07 Å². The molecule has 2 rings (SSSR count). The normalized spacial score (nSPS) is 20.9. The van der Waals surface area contributed by atoms with Crippen molar-refractivity contribution in [1.82, 2.24) is 10.2 Å². The number of hydrogen-bond acceptors (Lipinski definition) is 4. The van der Waals surface area contributed by atoms with Gasteiger partial charge < -0.3 is 16.2 Å². The first-order valence-corrected chi connectivity index (χ1v) is 6.48. The van der Waals surface area contributed by atoms with Gasteiger partial charge in [-0.05, 0) is 19.9 Å². The molecule has 0 aliphatic carbocycles. The molecule has 0 aromatic heterocycles. The average molecular weight is 263 g/mol. The maximum absolute atomic E-state index is 11.9. The topological polar surface area (TPSA) is 78.6 Å². The first-order valence-electron chi connectivity index (χ1n) is 6.48. The number of rotatable bonds is 3. The van der Waals surface area contributed by atoms with Gasteiger partial charge in [-0.2, -0.15) is 0 Å². The summed E-state index contributed by atoms with van der Waals surface area (Å²) in [6.07, 6.45) is -0.689. The minimum atomic E-state index is -0.689. The van der Waals surface area contributed by atoms with Crippen LogP contribution in [-0.4, -0.2) is 41.1 Å².